The van der Waals surface area contributed by atoms with Crippen molar-refractivity contribution >= 4 is 56.6 Å². The normalized spacial score (nSPS) is 14.0. The molecule has 2 aliphatic heterocycles. The zero-order chi connectivity index (χ0) is 29.0. The van der Waals surface area contributed by atoms with Crippen molar-refractivity contribution in [3.63, 3.8) is 0 Å². The Bertz CT molecular complexity index is 2020. The molecule has 2 aliphatic rings. The van der Waals surface area contributed by atoms with Crippen molar-refractivity contribution in [2.45, 2.75) is 52.4 Å². The Hall–Kier alpha value is -4.44. The quantitative estimate of drug-likeness (QED) is 0.192. The first-order valence-corrected chi connectivity index (χ1v) is 14.9. The maximum absolute atomic E-state index is 6.98. The topological polar surface area (TPSA) is 25.6 Å². The average Bonchev–Trinajstić information content (AvgIpc) is 3.44. The Morgan fingerprint density at radius 1 is 0.643 bits per heavy atom. The van der Waals surface area contributed by atoms with E-state index in [0.29, 0.717) is 0 Å². The molecule has 206 valence electrons. The number of hydrogen-bond donors (Lipinski definition) is 0. The van der Waals surface area contributed by atoms with Crippen LogP contribution in [0.4, 0.5) is 17.1 Å². The van der Waals surface area contributed by atoms with Crippen LogP contribution in [-0.4, -0.2) is 6.92 Å². The molecule has 3 nitrogen and oxygen atoms in total. The van der Waals surface area contributed by atoms with Crippen molar-refractivity contribution < 1.29 is 9.07 Å². The van der Waals surface area contributed by atoms with Crippen LogP contribution in [0, 0.1) is 0 Å². The summed E-state index contributed by atoms with van der Waals surface area (Å²) in [5, 5.41) is 3.56. The van der Waals surface area contributed by atoms with Crippen molar-refractivity contribution in [3.05, 3.63) is 108 Å². The number of para-hydroxylation sites is 1. The number of hydrogen-bond acceptors (Lipinski definition) is 3. The van der Waals surface area contributed by atoms with E-state index >= 15 is 0 Å². The number of rotatable bonds is 1. The molecule has 5 aromatic carbocycles. The van der Waals surface area contributed by atoms with Crippen LogP contribution in [0.15, 0.2) is 102 Å². The first-order valence-electron chi connectivity index (χ1n) is 14.9. The van der Waals surface area contributed by atoms with Gasteiger partial charge in [-0.15, -0.1) is 0 Å². The molecule has 0 saturated carbocycles. The number of benzene rings is 5. The third-order valence-electron chi connectivity index (χ3n) is 9.04. The third-order valence-corrected chi connectivity index (χ3v) is 9.04. The average molecular weight is 548 g/mol. The number of furan rings is 1. The van der Waals surface area contributed by atoms with Crippen molar-refractivity contribution in [1.82, 2.24) is 0 Å². The maximum atomic E-state index is 6.98. The second kappa shape index (κ2) is 8.55. The van der Waals surface area contributed by atoms with E-state index in [4.69, 9.17) is 9.07 Å². The van der Waals surface area contributed by atoms with Gasteiger partial charge in [0.05, 0.1) is 6.26 Å². The van der Waals surface area contributed by atoms with Crippen molar-refractivity contribution in [2.24, 2.45) is 0 Å². The van der Waals surface area contributed by atoms with E-state index in [9.17, 15) is 0 Å². The third kappa shape index (κ3) is 3.61. The summed E-state index contributed by atoms with van der Waals surface area (Å²) < 4.78 is 13.1. The molecule has 0 unspecified atom stereocenters. The van der Waals surface area contributed by atoms with Crippen LogP contribution in [0.3, 0.4) is 0 Å². The molecular weight excluding hydrogens is 513 g/mol. The van der Waals surface area contributed by atoms with Crippen LogP contribution in [0.25, 0.3) is 32.9 Å². The Balaban J connectivity index is 1.54. The standard InChI is InChI=1S/C38H34BNO2/c1-37(2,3)24-19-25(38(4,5)6)21-26(20-24)40-30-16-15-23-11-7-8-12-27(23)35(30)39-36-31(40)22-33-29(17-18-41-33)34(36)28-13-9-10-14-32(28)42-39/h7-22H,1-6H3. The predicted octanol–water partition coefficient (Wildman–Crippen LogP) is 9.13. The molecule has 4 heteroatoms. The maximum Gasteiger partial charge on any atom is 0.432 e. The molecule has 0 atom stereocenters. The van der Waals surface area contributed by atoms with E-state index in [1.807, 2.05) is 6.26 Å². The first kappa shape index (κ1) is 25.3. The summed E-state index contributed by atoms with van der Waals surface area (Å²) in [6, 6.07) is 33.1. The number of fused-ring (bicyclic) bond motifs is 8. The molecule has 0 bridgehead atoms. The summed E-state index contributed by atoms with van der Waals surface area (Å²) >= 11 is 0. The van der Waals surface area contributed by atoms with E-state index in [2.05, 4.69) is 137 Å². The highest BCUT2D eigenvalue weighted by Crippen LogP contribution is 2.47. The van der Waals surface area contributed by atoms with Gasteiger partial charge in [-0.25, -0.2) is 0 Å². The fourth-order valence-electron chi connectivity index (χ4n) is 6.79. The van der Waals surface area contributed by atoms with Crippen LogP contribution in [0.1, 0.15) is 52.7 Å². The molecule has 3 heterocycles. The van der Waals surface area contributed by atoms with E-state index in [1.165, 1.54) is 38.4 Å². The SMILES string of the molecule is CC(C)(C)c1cc(N2c3cc4occc4c4c3B(Oc3ccccc3-4)c3c2ccc2ccccc32)cc(C(C)(C)C)c1. The zero-order valence-corrected chi connectivity index (χ0v) is 25.1. The summed E-state index contributed by atoms with van der Waals surface area (Å²) in [7, 11) is 0. The van der Waals surface area contributed by atoms with Crippen LogP contribution in [0.2, 0.25) is 0 Å². The summed E-state index contributed by atoms with van der Waals surface area (Å²) in [4.78, 5) is 2.46. The molecule has 0 spiro atoms. The van der Waals surface area contributed by atoms with E-state index in [1.54, 1.807) is 0 Å². The first-order chi connectivity index (χ1) is 20.1. The highest BCUT2D eigenvalue weighted by molar-refractivity contribution is 6.87. The number of anilines is 3. The number of nitrogens with zero attached hydrogens (tertiary/aromatic N) is 1. The lowest BCUT2D eigenvalue weighted by atomic mass is 9.48. The van der Waals surface area contributed by atoms with Gasteiger partial charge in [0.15, 0.2) is 0 Å². The van der Waals surface area contributed by atoms with Crippen LogP contribution < -0.4 is 20.5 Å². The van der Waals surface area contributed by atoms with Crippen LogP contribution >= 0.6 is 0 Å². The summed E-state index contributed by atoms with van der Waals surface area (Å²) in [5.74, 6) is 0.909. The highest BCUT2D eigenvalue weighted by atomic mass is 16.4. The molecule has 1 aromatic heterocycles. The van der Waals surface area contributed by atoms with Gasteiger partial charge < -0.3 is 14.0 Å². The lowest BCUT2D eigenvalue weighted by Gasteiger charge is -2.41. The van der Waals surface area contributed by atoms with Gasteiger partial charge in [0.25, 0.3) is 0 Å². The molecule has 0 saturated heterocycles. The second-order valence-electron chi connectivity index (χ2n) is 13.8. The largest absolute Gasteiger partial charge is 0.551 e. The van der Waals surface area contributed by atoms with Gasteiger partial charge in [-0.05, 0) is 68.6 Å². The minimum atomic E-state index is -0.241. The molecule has 8 rings (SSSR count). The van der Waals surface area contributed by atoms with Gasteiger partial charge in [0.1, 0.15) is 11.3 Å². The Morgan fingerprint density at radius 3 is 2.12 bits per heavy atom. The minimum absolute atomic E-state index is 0.00695. The van der Waals surface area contributed by atoms with Crippen LogP contribution in [0.5, 0.6) is 5.75 Å². The lowest BCUT2D eigenvalue weighted by Crippen LogP contribution is -2.56. The van der Waals surface area contributed by atoms with Gasteiger partial charge >= 0.3 is 6.92 Å². The molecule has 0 radical (unpaired) electrons. The summed E-state index contributed by atoms with van der Waals surface area (Å²) in [5.41, 5.74) is 11.7. The Kier molecular flexibility index (Phi) is 5.15. The molecule has 0 fully saturated rings. The van der Waals surface area contributed by atoms with Gasteiger partial charge in [0, 0.05) is 45.0 Å². The van der Waals surface area contributed by atoms with Gasteiger partial charge in [-0.1, -0.05) is 96.1 Å². The molecule has 6 aromatic rings. The van der Waals surface area contributed by atoms with Gasteiger partial charge in [-0.2, -0.15) is 0 Å². The van der Waals surface area contributed by atoms with Crippen molar-refractivity contribution in [2.75, 3.05) is 4.90 Å². The Labute approximate surface area is 247 Å². The summed E-state index contributed by atoms with van der Waals surface area (Å²) in [6.45, 7) is 13.6. The van der Waals surface area contributed by atoms with E-state index in [0.717, 1.165) is 39.3 Å². The van der Waals surface area contributed by atoms with Gasteiger partial charge in [-0.3, -0.25) is 0 Å². The second-order valence-corrected chi connectivity index (χ2v) is 13.8. The van der Waals surface area contributed by atoms with Crippen molar-refractivity contribution in [3.8, 4) is 16.9 Å². The fourth-order valence-corrected chi connectivity index (χ4v) is 6.79. The van der Waals surface area contributed by atoms with Gasteiger partial charge in [0.2, 0.25) is 0 Å². The molecular formula is C38H34BNO2. The lowest BCUT2D eigenvalue weighted by molar-refractivity contribution is 0.568. The van der Waals surface area contributed by atoms with Crippen LogP contribution in [-0.2, 0) is 10.8 Å². The smallest absolute Gasteiger partial charge is 0.432 e. The highest BCUT2D eigenvalue weighted by Gasteiger charge is 2.44. The molecule has 0 N–H and O–H groups in total. The fraction of sp³-hybridized carbons (Fsp3) is 0.211. The Morgan fingerprint density at radius 2 is 1.36 bits per heavy atom. The summed E-state index contributed by atoms with van der Waals surface area (Å²) in [6.07, 6.45) is 1.81. The molecule has 42 heavy (non-hydrogen) atoms. The van der Waals surface area contributed by atoms with Crippen molar-refractivity contribution in [1.29, 1.82) is 0 Å². The minimum Gasteiger partial charge on any atom is -0.551 e. The van der Waals surface area contributed by atoms with E-state index < -0.39 is 0 Å². The van der Waals surface area contributed by atoms with E-state index in [-0.39, 0.29) is 17.7 Å². The molecule has 0 amide bonds. The monoisotopic (exact) mass is 547 g/mol. The zero-order valence-electron chi connectivity index (χ0n) is 25.1. The molecule has 0 aliphatic carbocycles. The predicted molar refractivity (Wildman–Crippen MR) is 177 cm³/mol.